The van der Waals surface area contributed by atoms with E-state index >= 15 is 0 Å². The van der Waals surface area contributed by atoms with Gasteiger partial charge < -0.3 is 4.74 Å². The minimum Gasteiger partial charge on any atom is -0.459 e. The molecular weight excluding hydrogens is 326 g/mol. The second kappa shape index (κ2) is 6.16. The van der Waals surface area contributed by atoms with Crippen LogP contribution in [0, 0.1) is 0 Å². The van der Waals surface area contributed by atoms with Crippen LogP contribution in [0.2, 0.25) is 0 Å². The number of hydrogen-bond acceptors (Lipinski definition) is 6. The van der Waals surface area contributed by atoms with Gasteiger partial charge in [-0.05, 0) is 18.4 Å². The summed E-state index contributed by atoms with van der Waals surface area (Å²) < 4.78 is 6.56. The predicted octanol–water partition coefficient (Wildman–Crippen LogP) is 2.31. The molecule has 3 aromatic rings. The van der Waals surface area contributed by atoms with Gasteiger partial charge in [0, 0.05) is 12.0 Å². The van der Waals surface area contributed by atoms with Crippen LogP contribution in [0.4, 0.5) is 0 Å². The van der Waals surface area contributed by atoms with Crippen LogP contribution < -0.4 is 5.56 Å². The molecule has 0 radical (unpaired) electrons. The Bertz CT molecular complexity index is 945. The third-order valence-electron chi connectivity index (χ3n) is 3.81. The van der Waals surface area contributed by atoms with Crippen molar-refractivity contribution in [1.29, 1.82) is 0 Å². The second-order valence-corrected chi connectivity index (χ2v) is 6.81. The Labute approximate surface area is 141 Å². The number of ether oxygens (including phenoxy) is 1. The summed E-state index contributed by atoms with van der Waals surface area (Å²) in [6.07, 6.45) is 2.45. The number of rotatable bonds is 5. The summed E-state index contributed by atoms with van der Waals surface area (Å²) in [4.78, 5) is 29.0. The molecule has 1 aromatic carbocycles. The zero-order valence-corrected chi connectivity index (χ0v) is 13.7. The van der Waals surface area contributed by atoms with Gasteiger partial charge in [-0.3, -0.25) is 9.59 Å². The molecule has 0 unspecified atom stereocenters. The Hall–Kier alpha value is -2.54. The van der Waals surface area contributed by atoms with Crippen LogP contribution in [0.1, 0.15) is 35.0 Å². The summed E-state index contributed by atoms with van der Waals surface area (Å²) in [5, 5.41) is 5.28. The van der Waals surface area contributed by atoms with Gasteiger partial charge in [-0.15, -0.1) is 0 Å². The Morgan fingerprint density at radius 3 is 2.83 bits per heavy atom. The number of carbonyl (C=O) groups is 1. The number of fused-ring (bicyclic) bond motifs is 1. The number of benzene rings is 1. The lowest BCUT2D eigenvalue weighted by Crippen LogP contribution is -2.17. The average molecular weight is 341 g/mol. The van der Waals surface area contributed by atoms with Crippen LogP contribution in [-0.4, -0.2) is 20.6 Å². The van der Waals surface area contributed by atoms with E-state index in [1.165, 1.54) is 21.9 Å². The molecule has 0 atom stereocenters. The standard InChI is InChI=1S/C17H15N3O3S/c21-14-9-13(10-23-15(22)8-11-4-2-1-3-5-11)18-17-20(14)19-16(24-17)12-6-7-12/h1-5,9,12H,6-8,10H2. The fourth-order valence-corrected chi connectivity index (χ4v) is 3.50. The number of hydrogen-bond donors (Lipinski definition) is 0. The van der Waals surface area contributed by atoms with Crippen LogP contribution in [-0.2, 0) is 22.6 Å². The van der Waals surface area contributed by atoms with Crippen molar-refractivity contribution >= 4 is 22.3 Å². The summed E-state index contributed by atoms with van der Waals surface area (Å²) >= 11 is 1.43. The van der Waals surface area contributed by atoms with Crippen molar-refractivity contribution in [3.63, 3.8) is 0 Å². The molecule has 4 rings (SSSR count). The Kier molecular flexibility index (Phi) is 3.86. The maximum atomic E-state index is 12.1. The van der Waals surface area contributed by atoms with Crippen LogP contribution in [0.3, 0.4) is 0 Å². The lowest BCUT2D eigenvalue weighted by Gasteiger charge is -2.04. The van der Waals surface area contributed by atoms with Gasteiger partial charge in [0.05, 0.1) is 12.1 Å². The Morgan fingerprint density at radius 2 is 2.08 bits per heavy atom. The van der Waals surface area contributed by atoms with E-state index in [9.17, 15) is 9.59 Å². The molecule has 2 heterocycles. The molecule has 1 saturated carbocycles. The summed E-state index contributed by atoms with van der Waals surface area (Å²) in [5.41, 5.74) is 1.10. The molecule has 24 heavy (non-hydrogen) atoms. The number of aromatic nitrogens is 3. The molecule has 0 spiro atoms. The first-order valence-corrected chi connectivity index (χ1v) is 8.60. The van der Waals surface area contributed by atoms with E-state index < -0.39 is 0 Å². The van der Waals surface area contributed by atoms with Crippen molar-refractivity contribution in [3.8, 4) is 0 Å². The van der Waals surface area contributed by atoms with Gasteiger partial charge in [-0.25, -0.2) is 4.98 Å². The monoisotopic (exact) mass is 341 g/mol. The zero-order chi connectivity index (χ0) is 16.5. The number of esters is 1. The smallest absolute Gasteiger partial charge is 0.310 e. The molecular formula is C17H15N3O3S. The first-order valence-electron chi connectivity index (χ1n) is 7.78. The molecule has 0 N–H and O–H groups in total. The van der Waals surface area contributed by atoms with Gasteiger partial charge in [0.2, 0.25) is 4.96 Å². The number of carbonyl (C=O) groups excluding carboxylic acids is 1. The average Bonchev–Trinajstić information content (AvgIpc) is 3.33. The van der Waals surface area contributed by atoms with Crippen molar-refractivity contribution in [2.24, 2.45) is 0 Å². The largest absolute Gasteiger partial charge is 0.459 e. The van der Waals surface area contributed by atoms with Crippen molar-refractivity contribution in [2.75, 3.05) is 0 Å². The van der Waals surface area contributed by atoms with Gasteiger partial charge in [-0.1, -0.05) is 41.7 Å². The van der Waals surface area contributed by atoms with E-state index in [-0.39, 0.29) is 24.6 Å². The zero-order valence-electron chi connectivity index (χ0n) is 12.8. The molecule has 0 amide bonds. The highest BCUT2D eigenvalue weighted by molar-refractivity contribution is 7.16. The normalized spacial score (nSPS) is 14.0. The third kappa shape index (κ3) is 3.21. The Balaban J connectivity index is 1.46. The molecule has 1 fully saturated rings. The highest BCUT2D eigenvalue weighted by atomic mass is 32.1. The molecule has 122 valence electrons. The van der Waals surface area contributed by atoms with Gasteiger partial charge in [0.25, 0.3) is 5.56 Å². The first-order chi connectivity index (χ1) is 11.7. The van der Waals surface area contributed by atoms with E-state index in [0.717, 1.165) is 23.4 Å². The maximum Gasteiger partial charge on any atom is 0.310 e. The Morgan fingerprint density at radius 1 is 1.29 bits per heavy atom. The topological polar surface area (TPSA) is 73.6 Å². The fraction of sp³-hybridized carbons (Fsp3) is 0.294. The lowest BCUT2D eigenvalue weighted by atomic mass is 10.2. The molecule has 7 heteroatoms. The van der Waals surface area contributed by atoms with Crippen molar-refractivity contribution < 1.29 is 9.53 Å². The van der Waals surface area contributed by atoms with Gasteiger partial charge in [0.15, 0.2) is 0 Å². The minimum absolute atomic E-state index is 0.00588. The maximum absolute atomic E-state index is 12.1. The van der Waals surface area contributed by atoms with Crippen molar-refractivity contribution in [2.45, 2.75) is 31.8 Å². The van der Waals surface area contributed by atoms with Crippen LogP contribution in [0.15, 0.2) is 41.2 Å². The van der Waals surface area contributed by atoms with Gasteiger partial charge >= 0.3 is 5.97 Å². The lowest BCUT2D eigenvalue weighted by molar-refractivity contribution is -0.144. The summed E-state index contributed by atoms with van der Waals surface area (Å²) in [5.74, 6) is 0.134. The van der Waals surface area contributed by atoms with E-state index in [0.29, 0.717) is 16.6 Å². The number of nitrogens with zero attached hydrogens (tertiary/aromatic N) is 3. The first kappa shape index (κ1) is 15.0. The molecule has 0 saturated heterocycles. The molecule has 6 nitrogen and oxygen atoms in total. The van der Waals surface area contributed by atoms with Crippen LogP contribution in [0.25, 0.3) is 4.96 Å². The van der Waals surface area contributed by atoms with Crippen LogP contribution in [0.5, 0.6) is 0 Å². The molecule has 0 bridgehead atoms. The second-order valence-electron chi connectivity index (χ2n) is 5.82. The molecule has 2 aromatic heterocycles. The van der Waals surface area contributed by atoms with Crippen molar-refractivity contribution in [1.82, 2.24) is 14.6 Å². The van der Waals surface area contributed by atoms with Gasteiger partial charge in [-0.2, -0.15) is 9.61 Å². The predicted molar refractivity (Wildman–Crippen MR) is 89.1 cm³/mol. The fourth-order valence-electron chi connectivity index (χ4n) is 2.41. The SMILES string of the molecule is O=C(Cc1ccccc1)OCc1cc(=O)n2nc(C3CC3)sc2n1. The van der Waals surface area contributed by atoms with E-state index in [4.69, 9.17) is 4.74 Å². The van der Waals surface area contributed by atoms with Gasteiger partial charge in [0.1, 0.15) is 11.6 Å². The van der Waals surface area contributed by atoms with E-state index in [1.807, 2.05) is 30.3 Å². The quantitative estimate of drug-likeness (QED) is 0.666. The summed E-state index contributed by atoms with van der Waals surface area (Å²) in [6.45, 7) is -0.00588. The highest BCUT2D eigenvalue weighted by Crippen LogP contribution is 2.41. The molecule has 1 aliphatic carbocycles. The van der Waals surface area contributed by atoms with Crippen molar-refractivity contribution in [3.05, 3.63) is 63.0 Å². The summed E-state index contributed by atoms with van der Waals surface area (Å²) in [6, 6.07) is 10.8. The molecule has 1 aliphatic rings. The van der Waals surface area contributed by atoms with Crippen LogP contribution >= 0.6 is 11.3 Å². The van der Waals surface area contributed by atoms with E-state index in [2.05, 4.69) is 10.1 Å². The minimum atomic E-state index is -0.342. The molecule has 0 aliphatic heterocycles. The van der Waals surface area contributed by atoms with E-state index in [1.54, 1.807) is 0 Å². The summed E-state index contributed by atoms with van der Waals surface area (Å²) in [7, 11) is 0. The third-order valence-corrected chi connectivity index (χ3v) is 4.88. The highest BCUT2D eigenvalue weighted by Gasteiger charge is 2.28.